The van der Waals surface area contributed by atoms with Crippen molar-refractivity contribution in [2.24, 2.45) is 0 Å². The third kappa shape index (κ3) is 5.77. The number of esters is 1. The van der Waals surface area contributed by atoms with Crippen LogP contribution in [-0.2, 0) is 15.9 Å². The number of hydrogen-bond acceptors (Lipinski definition) is 4. The van der Waals surface area contributed by atoms with Crippen molar-refractivity contribution in [1.29, 1.82) is 0 Å². The van der Waals surface area contributed by atoms with Gasteiger partial charge in [-0.25, -0.2) is 14.2 Å². The van der Waals surface area contributed by atoms with Gasteiger partial charge in [-0.05, 0) is 65.5 Å². The molecule has 1 aromatic heterocycles. The Balaban J connectivity index is 2.26. The molecule has 0 aliphatic carbocycles. The molecule has 0 bridgehead atoms. The molecular weight excluding hydrogens is 534 g/mol. The van der Waals surface area contributed by atoms with Gasteiger partial charge in [-0.3, -0.25) is 0 Å². The van der Waals surface area contributed by atoms with Crippen LogP contribution in [0.3, 0.4) is 0 Å². The van der Waals surface area contributed by atoms with E-state index in [1.165, 1.54) is 6.07 Å². The second-order valence-corrected chi connectivity index (χ2v) is 9.08. The largest absolute Gasteiger partial charge is 0.461 e. The first-order valence-corrected chi connectivity index (χ1v) is 11.9. The van der Waals surface area contributed by atoms with Crippen LogP contribution in [0.2, 0.25) is 10.0 Å². The van der Waals surface area contributed by atoms with Gasteiger partial charge in [0.05, 0.1) is 30.0 Å². The summed E-state index contributed by atoms with van der Waals surface area (Å²) in [4.78, 5) is 17.4. The molecule has 5 nitrogen and oxygen atoms in total. The average Bonchev–Trinajstić information content (AvgIpc) is 3.13. The maximum absolute atomic E-state index is 14.9. The van der Waals surface area contributed by atoms with Crippen LogP contribution in [0, 0.1) is 5.82 Å². The Bertz CT molecular complexity index is 1120. The molecule has 0 N–H and O–H groups in total. The molecule has 0 fully saturated rings. The van der Waals surface area contributed by atoms with E-state index in [2.05, 4.69) is 20.9 Å². The topological polar surface area (TPSA) is 53.3 Å². The van der Waals surface area contributed by atoms with Gasteiger partial charge in [0.15, 0.2) is 10.4 Å². The van der Waals surface area contributed by atoms with Crippen molar-refractivity contribution in [3.05, 3.63) is 85.6 Å². The Hall–Kier alpha value is -1.93. The highest BCUT2D eigenvalue weighted by molar-refractivity contribution is 9.10. The number of hydrogen-bond donors (Lipinski definition) is 0. The predicted octanol–water partition coefficient (Wildman–Crippen LogP) is 6.85. The first kappa shape index (κ1) is 25.7. The highest BCUT2D eigenvalue weighted by Crippen LogP contribution is 2.37. The molecule has 9 heteroatoms. The lowest BCUT2D eigenvalue weighted by atomic mass is 9.87. The molecule has 0 radical (unpaired) electrons. The van der Waals surface area contributed by atoms with Crippen molar-refractivity contribution < 1.29 is 18.7 Å². The Labute approximate surface area is 210 Å². The molecule has 0 aliphatic heterocycles. The zero-order chi connectivity index (χ0) is 24.1. The number of carbonyl (C=O) groups excluding carboxylic acids is 1. The number of nitrogens with zero attached hydrogens (tertiary/aromatic N) is 2. The highest BCUT2D eigenvalue weighted by atomic mass is 79.9. The standard InChI is InChI=1S/C24H24BrCl2FN2O3/c1-4-33-23(31)21-22(30(24(25)29-21)14(2)13-32-3)18(15-8-10-17(26)11-9-15)12-16-6-5-7-19(27)20(16)28/h5-11,14,18H,4,12-13H2,1-3H3/t14-,18?/m1/s1. The van der Waals surface area contributed by atoms with Crippen molar-refractivity contribution in [1.82, 2.24) is 9.55 Å². The van der Waals surface area contributed by atoms with Crippen molar-refractivity contribution in [3.63, 3.8) is 0 Å². The van der Waals surface area contributed by atoms with Crippen LogP contribution in [0.1, 0.15) is 53.1 Å². The van der Waals surface area contributed by atoms with Gasteiger partial charge in [0.1, 0.15) is 5.82 Å². The van der Waals surface area contributed by atoms with Crippen molar-refractivity contribution >= 4 is 45.1 Å². The maximum atomic E-state index is 14.9. The van der Waals surface area contributed by atoms with Gasteiger partial charge in [0.2, 0.25) is 0 Å². The number of imidazole rings is 1. The van der Waals surface area contributed by atoms with Gasteiger partial charge in [-0.1, -0.05) is 47.5 Å². The second-order valence-electron chi connectivity index (χ2n) is 7.53. The average molecular weight is 558 g/mol. The summed E-state index contributed by atoms with van der Waals surface area (Å²) in [5.41, 5.74) is 2.00. The minimum absolute atomic E-state index is 0.0374. The van der Waals surface area contributed by atoms with Gasteiger partial charge >= 0.3 is 5.97 Å². The fourth-order valence-electron chi connectivity index (χ4n) is 3.83. The fourth-order valence-corrected chi connectivity index (χ4v) is 4.87. The summed E-state index contributed by atoms with van der Waals surface area (Å²) in [6.45, 7) is 4.26. The van der Waals surface area contributed by atoms with Crippen LogP contribution in [0.15, 0.2) is 47.2 Å². The first-order chi connectivity index (χ1) is 15.8. The van der Waals surface area contributed by atoms with E-state index in [1.807, 2.05) is 23.6 Å². The number of methoxy groups -OCH3 is 1. The van der Waals surface area contributed by atoms with Crippen LogP contribution in [0.4, 0.5) is 4.39 Å². The molecule has 1 heterocycles. The number of aromatic nitrogens is 2. The molecule has 0 spiro atoms. The van der Waals surface area contributed by atoms with Crippen LogP contribution in [-0.4, -0.2) is 35.8 Å². The van der Waals surface area contributed by atoms with Crippen molar-refractivity contribution in [2.45, 2.75) is 32.2 Å². The van der Waals surface area contributed by atoms with Crippen LogP contribution in [0.25, 0.3) is 0 Å². The molecule has 0 saturated carbocycles. The van der Waals surface area contributed by atoms with Gasteiger partial charge in [-0.15, -0.1) is 0 Å². The predicted molar refractivity (Wildman–Crippen MR) is 131 cm³/mol. The Morgan fingerprint density at radius 2 is 1.91 bits per heavy atom. The third-order valence-electron chi connectivity index (χ3n) is 5.28. The zero-order valence-electron chi connectivity index (χ0n) is 18.4. The molecule has 3 rings (SSSR count). The van der Waals surface area contributed by atoms with E-state index >= 15 is 0 Å². The summed E-state index contributed by atoms with van der Waals surface area (Å²) in [5, 5.41) is 0.606. The van der Waals surface area contributed by atoms with E-state index in [0.29, 0.717) is 27.6 Å². The summed E-state index contributed by atoms with van der Waals surface area (Å²) in [6.07, 6.45) is 0.234. The maximum Gasteiger partial charge on any atom is 0.358 e. The van der Waals surface area contributed by atoms with Crippen molar-refractivity contribution in [2.75, 3.05) is 20.3 Å². The van der Waals surface area contributed by atoms with E-state index in [4.69, 9.17) is 32.7 Å². The number of halogens is 4. The molecule has 2 aromatic carbocycles. The second kappa shape index (κ2) is 11.5. The van der Waals surface area contributed by atoms with Gasteiger partial charge in [-0.2, -0.15) is 0 Å². The SMILES string of the molecule is CCOC(=O)c1nc(Br)n([C@H](C)COC)c1C(Cc1cccc(Cl)c1F)c1ccc(Cl)cc1. The Kier molecular flexibility index (Phi) is 8.93. The number of carbonyl (C=O) groups is 1. The zero-order valence-corrected chi connectivity index (χ0v) is 21.5. The van der Waals surface area contributed by atoms with E-state index in [-0.39, 0.29) is 29.8 Å². The smallest absolute Gasteiger partial charge is 0.358 e. The lowest BCUT2D eigenvalue weighted by Gasteiger charge is -2.25. The summed E-state index contributed by atoms with van der Waals surface area (Å²) >= 11 is 15.7. The van der Waals surface area contributed by atoms with E-state index in [0.717, 1.165) is 5.56 Å². The molecular formula is C24H24BrCl2FN2O3. The number of benzene rings is 2. The monoisotopic (exact) mass is 556 g/mol. The number of ether oxygens (including phenoxy) is 2. The van der Waals surface area contributed by atoms with Crippen LogP contribution in [0.5, 0.6) is 0 Å². The minimum Gasteiger partial charge on any atom is -0.461 e. The van der Waals surface area contributed by atoms with E-state index in [9.17, 15) is 9.18 Å². The molecule has 0 amide bonds. The van der Waals surface area contributed by atoms with Crippen molar-refractivity contribution in [3.8, 4) is 0 Å². The van der Waals surface area contributed by atoms with Crippen LogP contribution >= 0.6 is 39.1 Å². The Morgan fingerprint density at radius 3 is 2.55 bits per heavy atom. The molecule has 0 aliphatic rings. The molecule has 1 unspecified atom stereocenters. The fraction of sp³-hybridized carbons (Fsp3) is 0.333. The molecule has 2 atom stereocenters. The first-order valence-electron chi connectivity index (χ1n) is 10.4. The summed E-state index contributed by atoms with van der Waals surface area (Å²) in [5.74, 6) is -1.50. The normalized spacial score (nSPS) is 13.1. The quantitative estimate of drug-likeness (QED) is 0.270. The molecule has 33 heavy (non-hydrogen) atoms. The summed E-state index contributed by atoms with van der Waals surface area (Å²) < 4.78 is 27.9. The highest BCUT2D eigenvalue weighted by Gasteiger charge is 2.32. The molecule has 0 saturated heterocycles. The van der Waals surface area contributed by atoms with Gasteiger partial charge in [0.25, 0.3) is 0 Å². The minimum atomic E-state index is -0.554. The number of rotatable bonds is 9. The lowest BCUT2D eigenvalue weighted by molar-refractivity contribution is 0.0517. The molecule has 176 valence electrons. The van der Waals surface area contributed by atoms with Crippen LogP contribution < -0.4 is 0 Å². The Morgan fingerprint density at radius 1 is 1.21 bits per heavy atom. The lowest BCUT2D eigenvalue weighted by Crippen LogP contribution is -2.21. The third-order valence-corrected chi connectivity index (χ3v) is 6.38. The molecule has 3 aromatic rings. The van der Waals surface area contributed by atoms with Gasteiger partial charge < -0.3 is 14.0 Å². The van der Waals surface area contributed by atoms with E-state index in [1.54, 1.807) is 38.3 Å². The summed E-state index contributed by atoms with van der Waals surface area (Å²) in [6, 6.07) is 12.0. The summed E-state index contributed by atoms with van der Waals surface area (Å²) in [7, 11) is 1.60. The van der Waals surface area contributed by atoms with E-state index < -0.39 is 17.7 Å². The van der Waals surface area contributed by atoms with Gasteiger partial charge in [0, 0.05) is 18.1 Å².